The third kappa shape index (κ3) is 5.09. The molecule has 0 heterocycles. The summed E-state index contributed by atoms with van der Waals surface area (Å²) in [5, 5.41) is 0.474. The summed E-state index contributed by atoms with van der Waals surface area (Å²) in [5.74, 6) is -0.0434. The van der Waals surface area contributed by atoms with Gasteiger partial charge in [0.1, 0.15) is 0 Å². The Morgan fingerprint density at radius 1 is 0.839 bits per heavy atom. The van der Waals surface area contributed by atoms with Crippen molar-refractivity contribution in [2.75, 3.05) is 23.3 Å². The Bertz CT molecular complexity index is 1190. The van der Waals surface area contributed by atoms with Crippen LogP contribution in [0.1, 0.15) is 16.7 Å². The average Bonchev–Trinajstić information content (AvgIpc) is 2.75. The molecule has 3 aromatic rings. The van der Waals surface area contributed by atoms with Gasteiger partial charge < -0.3 is 4.90 Å². The molecule has 7 heteroatoms. The van der Waals surface area contributed by atoms with Crippen LogP contribution >= 0.6 is 11.6 Å². The van der Waals surface area contributed by atoms with Crippen LogP contribution in [0.2, 0.25) is 5.02 Å². The van der Waals surface area contributed by atoms with Crippen molar-refractivity contribution in [2.45, 2.75) is 25.2 Å². The first kappa shape index (κ1) is 22.8. The van der Waals surface area contributed by atoms with Gasteiger partial charge in [-0.15, -0.1) is 0 Å². The van der Waals surface area contributed by atoms with E-state index in [1.807, 2.05) is 32.0 Å². The van der Waals surface area contributed by atoms with E-state index >= 15 is 0 Å². The van der Waals surface area contributed by atoms with Crippen LogP contribution in [0.4, 0.5) is 11.4 Å². The number of anilines is 2. The summed E-state index contributed by atoms with van der Waals surface area (Å²) in [5.41, 5.74) is 4.47. The molecule has 3 aromatic carbocycles. The fourth-order valence-electron chi connectivity index (χ4n) is 3.10. The minimum Gasteiger partial charge on any atom is -0.315 e. The quantitative estimate of drug-likeness (QED) is 0.525. The molecule has 0 fully saturated rings. The number of amides is 1. The molecule has 0 unspecified atom stereocenters. The molecule has 1 amide bonds. The first-order valence-electron chi connectivity index (χ1n) is 9.77. The molecule has 0 aliphatic heterocycles. The molecule has 162 valence electrons. The largest absolute Gasteiger partial charge is 0.315 e. The van der Waals surface area contributed by atoms with Gasteiger partial charge in [-0.3, -0.25) is 9.10 Å². The monoisotopic (exact) mass is 456 g/mol. The third-order valence-corrected chi connectivity index (χ3v) is 7.43. The van der Waals surface area contributed by atoms with Gasteiger partial charge in [-0.25, -0.2) is 8.42 Å². The number of halogens is 1. The van der Waals surface area contributed by atoms with Crippen LogP contribution in [0.5, 0.6) is 0 Å². The Hall–Kier alpha value is -2.83. The van der Waals surface area contributed by atoms with Crippen LogP contribution in [0.15, 0.2) is 71.6 Å². The number of rotatable bonds is 6. The molecule has 0 atom stereocenters. The number of likely N-dealkylation sites (N-methyl/N-ethyl adjacent to an activating group) is 1. The summed E-state index contributed by atoms with van der Waals surface area (Å²) < 4.78 is 26.9. The predicted molar refractivity (Wildman–Crippen MR) is 127 cm³/mol. The predicted octanol–water partition coefficient (Wildman–Crippen LogP) is 4.99. The van der Waals surface area contributed by atoms with E-state index in [1.54, 1.807) is 48.3 Å². The Morgan fingerprint density at radius 2 is 1.42 bits per heavy atom. The van der Waals surface area contributed by atoms with Crippen molar-refractivity contribution in [1.29, 1.82) is 0 Å². The summed E-state index contributed by atoms with van der Waals surface area (Å²) in [6.45, 7) is 4.05. The maximum atomic E-state index is 12.8. The zero-order valence-electron chi connectivity index (χ0n) is 18.0. The number of benzene rings is 3. The van der Waals surface area contributed by atoms with Crippen LogP contribution < -0.4 is 9.21 Å². The molecule has 3 rings (SSSR count). The molecule has 0 spiro atoms. The van der Waals surface area contributed by atoms with Crippen molar-refractivity contribution < 1.29 is 13.2 Å². The molecule has 0 aliphatic rings. The van der Waals surface area contributed by atoms with Crippen LogP contribution in [0, 0.1) is 13.8 Å². The van der Waals surface area contributed by atoms with Crippen molar-refractivity contribution in [3.63, 3.8) is 0 Å². The molecule has 0 bridgehead atoms. The maximum Gasteiger partial charge on any atom is 0.264 e. The van der Waals surface area contributed by atoms with E-state index in [0.29, 0.717) is 10.7 Å². The smallest absolute Gasteiger partial charge is 0.264 e. The number of hydrogen-bond donors (Lipinski definition) is 0. The summed E-state index contributed by atoms with van der Waals surface area (Å²) >= 11 is 5.85. The molecule has 0 saturated carbocycles. The highest BCUT2D eigenvalue weighted by Crippen LogP contribution is 2.24. The molecule has 0 N–H and O–H groups in total. The second kappa shape index (κ2) is 9.12. The van der Waals surface area contributed by atoms with Crippen molar-refractivity contribution >= 4 is 38.9 Å². The first-order valence-corrected chi connectivity index (χ1v) is 11.6. The van der Waals surface area contributed by atoms with Crippen molar-refractivity contribution in [3.8, 4) is 0 Å². The van der Waals surface area contributed by atoms with Crippen LogP contribution in [-0.4, -0.2) is 28.4 Å². The van der Waals surface area contributed by atoms with Crippen molar-refractivity contribution in [3.05, 3.63) is 88.4 Å². The third-order valence-electron chi connectivity index (χ3n) is 5.38. The number of nitrogens with zero attached hydrogens (tertiary/aromatic N) is 2. The van der Waals surface area contributed by atoms with Gasteiger partial charge in [0.25, 0.3) is 10.0 Å². The Labute approximate surface area is 188 Å². The molecule has 0 saturated heterocycles. The van der Waals surface area contributed by atoms with Crippen LogP contribution in [0.25, 0.3) is 0 Å². The second-order valence-electron chi connectivity index (χ2n) is 7.49. The fraction of sp³-hybridized carbons (Fsp3) is 0.208. The van der Waals surface area contributed by atoms with E-state index in [9.17, 15) is 13.2 Å². The van der Waals surface area contributed by atoms with E-state index in [-0.39, 0.29) is 17.2 Å². The van der Waals surface area contributed by atoms with Gasteiger partial charge in [-0.05, 0) is 79.1 Å². The van der Waals surface area contributed by atoms with E-state index in [2.05, 4.69) is 0 Å². The van der Waals surface area contributed by atoms with Gasteiger partial charge in [-0.1, -0.05) is 29.8 Å². The van der Waals surface area contributed by atoms with Gasteiger partial charge in [-0.2, -0.15) is 0 Å². The highest BCUT2D eigenvalue weighted by Gasteiger charge is 2.21. The Morgan fingerprint density at radius 3 is 2.00 bits per heavy atom. The standard InChI is InChI=1S/C24H25ClN2O3S/c1-17-5-10-22(15-18(17)2)26(3)24(28)16-19-6-11-21(12-7-19)27(4)31(29,30)23-13-8-20(25)9-14-23/h5-15H,16H2,1-4H3. The van der Waals surface area contributed by atoms with Crippen molar-refractivity contribution in [1.82, 2.24) is 0 Å². The minimum atomic E-state index is -3.70. The highest BCUT2D eigenvalue weighted by molar-refractivity contribution is 7.92. The summed E-state index contributed by atoms with van der Waals surface area (Å²) in [4.78, 5) is 14.5. The number of hydrogen-bond acceptors (Lipinski definition) is 3. The van der Waals surface area contributed by atoms with Crippen LogP contribution in [0.3, 0.4) is 0 Å². The van der Waals surface area contributed by atoms with Gasteiger partial charge in [0, 0.05) is 24.8 Å². The van der Waals surface area contributed by atoms with Crippen molar-refractivity contribution in [2.24, 2.45) is 0 Å². The molecule has 31 heavy (non-hydrogen) atoms. The maximum absolute atomic E-state index is 12.8. The number of carbonyl (C=O) groups excluding carboxylic acids is 1. The van der Waals surface area contributed by atoms with E-state index in [4.69, 9.17) is 11.6 Å². The lowest BCUT2D eigenvalue weighted by atomic mass is 10.1. The average molecular weight is 457 g/mol. The Kier molecular flexibility index (Phi) is 6.72. The van der Waals surface area contributed by atoms with E-state index < -0.39 is 10.0 Å². The molecule has 0 radical (unpaired) electrons. The lowest BCUT2D eigenvalue weighted by Crippen LogP contribution is -2.28. The summed E-state index contributed by atoms with van der Waals surface area (Å²) in [6, 6.07) is 18.9. The molecule has 0 aliphatic carbocycles. The van der Waals surface area contributed by atoms with E-state index in [0.717, 1.165) is 16.8 Å². The fourth-order valence-corrected chi connectivity index (χ4v) is 4.42. The molecule has 5 nitrogen and oxygen atoms in total. The topological polar surface area (TPSA) is 57.7 Å². The van der Waals surface area contributed by atoms with Gasteiger partial charge in [0.05, 0.1) is 17.0 Å². The second-order valence-corrected chi connectivity index (χ2v) is 9.90. The number of aryl methyl sites for hydroxylation is 2. The molecular weight excluding hydrogens is 432 g/mol. The minimum absolute atomic E-state index is 0.0434. The lowest BCUT2D eigenvalue weighted by Gasteiger charge is -2.21. The lowest BCUT2D eigenvalue weighted by molar-refractivity contribution is -0.117. The van der Waals surface area contributed by atoms with Crippen LogP contribution in [-0.2, 0) is 21.2 Å². The van der Waals surface area contributed by atoms with Gasteiger partial charge >= 0.3 is 0 Å². The first-order chi connectivity index (χ1) is 14.6. The zero-order chi connectivity index (χ0) is 22.8. The molecule has 0 aromatic heterocycles. The zero-order valence-corrected chi connectivity index (χ0v) is 19.5. The SMILES string of the molecule is Cc1ccc(N(C)C(=O)Cc2ccc(N(C)S(=O)(=O)c3ccc(Cl)cc3)cc2)cc1C. The van der Waals surface area contributed by atoms with Gasteiger partial charge in [0.15, 0.2) is 0 Å². The summed E-state index contributed by atoms with van der Waals surface area (Å²) in [7, 11) is -0.447. The Balaban J connectivity index is 1.72. The summed E-state index contributed by atoms with van der Waals surface area (Å²) in [6.07, 6.45) is 0.220. The number of sulfonamides is 1. The number of carbonyl (C=O) groups is 1. The highest BCUT2D eigenvalue weighted by atomic mass is 35.5. The molecular formula is C24H25ClN2O3S. The van der Waals surface area contributed by atoms with E-state index in [1.165, 1.54) is 29.0 Å². The van der Waals surface area contributed by atoms with Gasteiger partial charge in [0.2, 0.25) is 5.91 Å². The normalized spacial score (nSPS) is 11.3.